The van der Waals surface area contributed by atoms with E-state index in [1.165, 1.54) is 42.5 Å². The molecule has 0 amide bonds. The lowest BCUT2D eigenvalue weighted by molar-refractivity contribution is 0.669. The van der Waals surface area contributed by atoms with Gasteiger partial charge in [0.25, 0.3) is 0 Å². The quantitative estimate of drug-likeness (QED) is 0.703. The summed E-state index contributed by atoms with van der Waals surface area (Å²) < 4.78 is 0. The summed E-state index contributed by atoms with van der Waals surface area (Å²) >= 11 is 0. The summed E-state index contributed by atoms with van der Waals surface area (Å²) in [5.74, 6) is 1.34. The fourth-order valence-electron chi connectivity index (χ4n) is 2.87. The number of aryl methyl sites for hydroxylation is 1. The van der Waals surface area contributed by atoms with Gasteiger partial charge in [-0.15, -0.1) is 0 Å². The van der Waals surface area contributed by atoms with Gasteiger partial charge in [0.1, 0.15) is 0 Å². The van der Waals surface area contributed by atoms with E-state index in [0.29, 0.717) is 5.92 Å². The first-order valence-corrected chi connectivity index (χ1v) is 6.15. The van der Waals surface area contributed by atoms with Gasteiger partial charge in [-0.1, -0.05) is 26.7 Å². The van der Waals surface area contributed by atoms with Crippen LogP contribution < -0.4 is 0 Å². The van der Waals surface area contributed by atoms with Gasteiger partial charge < -0.3 is 0 Å². The molecule has 0 spiro atoms. The lowest BCUT2D eigenvalue weighted by Crippen LogP contribution is -2.06. The number of rotatable bonds is 2. The molecule has 0 aliphatic heterocycles. The lowest BCUT2D eigenvalue weighted by atomic mass is 9.89. The maximum absolute atomic E-state index is 4.64. The van der Waals surface area contributed by atoms with Gasteiger partial charge in [-0.25, -0.2) is 0 Å². The van der Waals surface area contributed by atoms with Gasteiger partial charge in [0.05, 0.1) is 0 Å². The SMILES string of the molecule is Cc1ccnc(C2CCCC2)c1C(C)C. The summed E-state index contributed by atoms with van der Waals surface area (Å²) in [5, 5.41) is 0. The van der Waals surface area contributed by atoms with Crippen molar-refractivity contribution in [3.63, 3.8) is 0 Å². The van der Waals surface area contributed by atoms with Gasteiger partial charge in [0.2, 0.25) is 0 Å². The van der Waals surface area contributed by atoms with Crippen molar-refractivity contribution >= 4 is 0 Å². The van der Waals surface area contributed by atoms with Crippen molar-refractivity contribution in [3.05, 3.63) is 29.1 Å². The molecule has 0 atom stereocenters. The van der Waals surface area contributed by atoms with E-state index in [0.717, 1.165) is 5.92 Å². The standard InChI is InChI=1S/C14H21N/c1-10(2)13-11(3)8-9-15-14(13)12-6-4-5-7-12/h8-10,12H,4-7H2,1-3H3. The topological polar surface area (TPSA) is 12.9 Å². The molecule has 1 aliphatic rings. The van der Waals surface area contributed by atoms with E-state index in [4.69, 9.17) is 0 Å². The van der Waals surface area contributed by atoms with Crippen LogP contribution in [0.2, 0.25) is 0 Å². The Hall–Kier alpha value is -0.850. The third kappa shape index (κ3) is 2.06. The van der Waals surface area contributed by atoms with E-state index in [-0.39, 0.29) is 0 Å². The summed E-state index contributed by atoms with van der Waals surface area (Å²) in [6.07, 6.45) is 7.44. The summed E-state index contributed by atoms with van der Waals surface area (Å²) in [7, 11) is 0. The van der Waals surface area contributed by atoms with Crippen molar-refractivity contribution in [3.8, 4) is 0 Å². The molecule has 1 nitrogen and oxygen atoms in total. The van der Waals surface area contributed by atoms with Crippen LogP contribution in [0.1, 0.15) is 68.2 Å². The molecule has 1 fully saturated rings. The molecule has 0 radical (unpaired) electrons. The van der Waals surface area contributed by atoms with Crippen molar-refractivity contribution in [1.29, 1.82) is 0 Å². The van der Waals surface area contributed by atoms with E-state index in [9.17, 15) is 0 Å². The Bertz CT molecular complexity index is 335. The fraction of sp³-hybridized carbons (Fsp3) is 0.643. The number of nitrogens with zero attached hydrogens (tertiary/aromatic N) is 1. The smallest absolute Gasteiger partial charge is 0.0471 e. The third-order valence-electron chi connectivity index (χ3n) is 3.56. The second-order valence-corrected chi connectivity index (χ2v) is 5.06. The van der Waals surface area contributed by atoms with Crippen LogP contribution in [0.15, 0.2) is 12.3 Å². The Kier molecular flexibility index (Phi) is 3.08. The molecule has 1 aliphatic carbocycles. The van der Waals surface area contributed by atoms with Crippen molar-refractivity contribution in [2.45, 2.75) is 58.3 Å². The first kappa shape index (κ1) is 10.7. The Labute approximate surface area is 92.9 Å². The molecule has 82 valence electrons. The molecule has 15 heavy (non-hydrogen) atoms. The zero-order valence-corrected chi connectivity index (χ0v) is 10.1. The van der Waals surface area contributed by atoms with Gasteiger partial charge in [-0.2, -0.15) is 0 Å². The highest BCUT2D eigenvalue weighted by molar-refractivity contribution is 5.34. The largest absolute Gasteiger partial charge is 0.261 e. The van der Waals surface area contributed by atoms with Crippen molar-refractivity contribution in [1.82, 2.24) is 4.98 Å². The second kappa shape index (κ2) is 4.34. The highest BCUT2D eigenvalue weighted by atomic mass is 14.7. The van der Waals surface area contributed by atoms with Crippen LogP contribution >= 0.6 is 0 Å². The van der Waals surface area contributed by atoms with Crippen molar-refractivity contribution in [2.75, 3.05) is 0 Å². The minimum atomic E-state index is 0.606. The molecular formula is C14H21N. The zero-order valence-electron chi connectivity index (χ0n) is 10.1. The first-order chi connectivity index (χ1) is 7.20. The molecule has 1 aromatic rings. The van der Waals surface area contributed by atoms with Crippen LogP contribution in [0.25, 0.3) is 0 Å². The number of hydrogen-bond donors (Lipinski definition) is 0. The van der Waals surface area contributed by atoms with Crippen molar-refractivity contribution < 1.29 is 0 Å². The van der Waals surface area contributed by atoms with Gasteiger partial charge in [-0.05, 0) is 42.9 Å². The molecule has 1 heterocycles. The molecule has 0 saturated heterocycles. The Balaban J connectivity index is 2.40. The van der Waals surface area contributed by atoms with Gasteiger partial charge in [0, 0.05) is 17.8 Å². The maximum Gasteiger partial charge on any atom is 0.0471 e. The molecule has 1 saturated carbocycles. The zero-order chi connectivity index (χ0) is 10.8. The van der Waals surface area contributed by atoms with Gasteiger partial charge >= 0.3 is 0 Å². The monoisotopic (exact) mass is 203 g/mol. The maximum atomic E-state index is 4.64. The average Bonchev–Trinajstić information content (AvgIpc) is 2.69. The van der Waals surface area contributed by atoms with E-state index in [1.54, 1.807) is 0 Å². The minimum Gasteiger partial charge on any atom is -0.261 e. The summed E-state index contributed by atoms with van der Waals surface area (Å²) in [5.41, 5.74) is 4.31. The number of pyridine rings is 1. The fourth-order valence-corrected chi connectivity index (χ4v) is 2.87. The predicted molar refractivity (Wildman–Crippen MR) is 64.3 cm³/mol. The van der Waals surface area contributed by atoms with E-state index >= 15 is 0 Å². The van der Waals surface area contributed by atoms with Crippen LogP contribution in [-0.4, -0.2) is 4.98 Å². The molecule has 0 N–H and O–H groups in total. The van der Waals surface area contributed by atoms with Crippen LogP contribution in [0, 0.1) is 6.92 Å². The molecule has 1 aromatic heterocycles. The first-order valence-electron chi connectivity index (χ1n) is 6.15. The Morgan fingerprint density at radius 3 is 2.53 bits per heavy atom. The molecule has 1 heteroatoms. The third-order valence-corrected chi connectivity index (χ3v) is 3.56. The molecule has 0 bridgehead atoms. The highest BCUT2D eigenvalue weighted by Crippen LogP contribution is 2.37. The molecular weight excluding hydrogens is 182 g/mol. The normalized spacial score (nSPS) is 17.6. The van der Waals surface area contributed by atoms with E-state index in [1.807, 2.05) is 6.20 Å². The Morgan fingerprint density at radius 1 is 1.27 bits per heavy atom. The van der Waals surface area contributed by atoms with Gasteiger partial charge in [-0.3, -0.25) is 4.98 Å². The number of aromatic nitrogens is 1. The average molecular weight is 203 g/mol. The Morgan fingerprint density at radius 2 is 1.93 bits per heavy atom. The minimum absolute atomic E-state index is 0.606. The van der Waals surface area contributed by atoms with Crippen LogP contribution in [-0.2, 0) is 0 Å². The van der Waals surface area contributed by atoms with Crippen molar-refractivity contribution in [2.24, 2.45) is 0 Å². The summed E-state index contributed by atoms with van der Waals surface area (Å²) in [4.78, 5) is 4.64. The van der Waals surface area contributed by atoms with Crippen LogP contribution in [0.4, 0.5) is 0 Å². The van der Waals surface area contributed by atoms with E-state index in [2.05, 4.69) is 31.8 Å². The lowest BCUT2D eigenvalue weighted by Gasteiger charge is -2.18. The van der Waals surface area contributed by atoms with E-state index < -0.39 is 0 Å². The van der Waals surface area contributed by atoms with Gasteiger partial charge in [0.15, 0.2) is 0 Å². The molecule has 0 unspecified atom stereocenters. The summed E-state index contributed by atoms with van der Waals surface area (Å²) in [6.45, 7) is 6.78. The second-order valence-electron chi connectivity index (χ2n) is 5.06. The summed E-state index contributed by atoms with van der Waals surface area (Å²) in [6, 6.07) is 2.15. The molecule has 0 aromatic carbocycles. The highest BCUT2D eigenvalue weighted by Gasteiger charge is 2.22. The number of hydrogen-bond acceptors (Lipinski definition) is 1. The predicted octanol–water partition coefficient (Wildman–Crippen LogP) is 4.17. The van der Waals surface area contributed by atoms with Crippen LogP contribution in [0.3, 0.4) is 0 Å². The molecule has 2 rings (SSSR count). The van der Waals surface area contributed by atoms with Crippen LogP contribution in [0.5, 0.6) is 0 Å².